The van der Waals surface area contributed by atoms with Gasteiger partial charge in [-0.2, -0.15) is 0 Å². The lowest BCUT2D eigenvalue weighted by molar-refractivity contribution is 0.368. The summed E-state index contributed by atoms with van der Waals surface area (Å²) in [6, 6.07) is 4.73. The summed E-state index contributed by atoms with van der Waals surface area (Å²) < 4.78 is 13.2. The van der Waals surface area contributed by atoms with Crippen molar-refractivity contribution in [2.45, 2.75) is 25.8 Å². The van der Waals surface area contributed by atoms with Crippen LogP contribution in [-0.4, -0.2) is 7.05 Å². The third-order valence-electron chi connectivity index (χ3n) is 3.50. The van der Waals surface area contributed by atoms with Crippen LogP contribution in [0.5, 0.6) is 0 Å². The molecule has 0 aromatic heterocycles. The highest BCUT2D eigenvalue weighted by atomic mass is 35.5. The molecule has 1 fully saturated rings. The van der Waals surface area contributed by atoms with Gasteiger partial charge in [-0.25, -0.2) is 4.39 Å². The molecule has 2 unspecified atom stereocenters. The molecule has 0 spiro atoms. The number of benzene rings is 1. The van der Waals surface area contributed by atoms with Crippen LogP contribution in [0.25, 0.3) is 0 Å². The van der Waals surface area contributed by atoms with Gasteiger partial charge >= 0.3 is 0 Å². The number of rotatable bonds is 4. The van der Waals surface area contributed by atoms with Crippen molar-refractivity contribution >= 4 is 11.6 Å². The lowest BCUT2D eigenvalue weighted by Crippen LogP contribution is -2.25. The van der Waals surface area contributed by atoms with Gasteiger partial charge in [-0.05, 0) is 55.5 Å². The van der Waals surface area contributed by atoms with Gasteiger partial charge in [0, 0.05) is 11.1 Å². The standard InChI is InChI=1S/C13H17ClFN/c1-8(9-3-4-9)13(16-2)11-7-10(15)5-6-12(11)14/h5-9,13,16H,3-4H2,1-2H3. The van der Waals surface area contributed by atoms with Crippen LogP contribution < -0.4 is 5.32 Å². The highest BCUT2D eigenvalue weighted by Gasteiger charge is 2.34. The quantitative estimate of drug-likeness (QED) is 0.846. The summed E-state index contributed by atoms with van der Waals surface area (Å²) in [6.07, 6.45) is 2.57. The van der Waals surface area contributed by atoms with Crippen molar-refractivity contribution in [3.8, 4) is 0 Å². The highest BCUT2D eigenvalue weighted by Crippen LogP contribution is 2.43. The molecule has 3 heteroatoms. The highest BCUT2D eigenvalue weighted by molar-refractivity contribution is 6.31. The summed E-state index contributed by atoms with van der Waals surface area (Å²) in [5.74, 6) is 1.05. The van der Waals surface area contributed by atoms with Gasteiger partial charge in [0.1, 0.15) is 5.82 Å². The fraction of sp³-hybridized carbons (Fsp3) is 0.538. The molecule has 0 amide bonds. The lowest BCUT2D eigenvalue weighted by atomic mass is 9.90. The number of hydrogen-bond donors (Lipinski definition) is 1. The summed E-state index contributed by atoms with van der Waals surface area (Å²) >= 11 is 6.13. The number of nitrogens with one attached hydrogen (secondary N) is 1. The molecule has 0 aliphatic heterocycles. The Bertz CT molecular complexity index is 376. The first kappa shape index (κ1) is 11.9. The Kier molecular flexibility index (Phi) is 3.50. The lowest BCUT2D eigenvalue weighted by Gasteiger charge is -2.24. The van der Waals surface area contributed by atoms with Crippen molar-refractivity contribution in [1.82, 2.24) is 5.32 Å². The Morgan fingerprint density at radius 3 is 2.69 bits per heavy atom. The summed E-state index contributed by atoms with van der Waals surface area (Å²) in [7, 11) is 1.91. The van der Waals surface area contributed by atoms with Gasteiger partial charge in [0.15, 0.2) is 0 Å². The van der Waals surface area contributed by atoms with Gasteiger partial charge in [-0.3, -0.25) is 0 Å². The molecule has 0 saturated heterocycles. The fourth-order valence-corrected chi connectivity index (χ4v) is 2.58. The van der Waals surface area contributed by atoms with Gasteiger partial charge in [0.25, 0.3) is 0 Å². The van der Waals surface area contributed by atoms with Crippen LogP contribution in [0, 0.1) is 17.7 Å². The van der Waals surface area contributed by atoms with E-state index in [1.54, 1.807) is 12.1 Å². The molecular formula is C13H17ClFN. The molecule has 0 heterocycles. The van der Waals surface area contributed by atoms with Crippen molar-refractivity contribution in [3.05, 3.63) is 34.6 Å². The van der Waals surface area contributed by atoms with Crippen molar-refractivity contribution in [2.75, 3.05) is 7.05 Å². The molecule has 1 aliphatic carbocycles. The second kappa shape index (κ2) is 4.72. The first-order valence-electron chi connectivity index (χ1n) is 5.75. The van der Waals surface area contributed by atoms with Crippen LogP contribution in [0.15, 0.2) is 18.2 Å². The van der Waals surface area contributed by atoms with Gasteiger partial charge in [0.2, 0.25) is 0 Å². The first-order chi connectivity index (χ1) is 7.63. The first-order valence-corrected chi connectivity index (χ1v) is 6.13. The van der Waals surface area contributed by atoms with E-state index in [4.69, 9.17) is 11.6 Å². The van der Waals surface area contributed by atoms with Gasteiger partial charge in [-0.15, -0.1) is 0 Å². The summed E-state index contributed by atoms with van der Waals surface area (Å²) in [6.45, 7) is 2.21. The van der Waals surface area contributed by atoms with E-state index in [0.717, 1.165) is 11.5 Å². The number of hydrogen-bond acceptors (Lipinski definition) is 1. The van der Waals surface area contributed by atoms with Crippen molar-refractivity contribution in [1.29, 1.82) is 0 Å². The van der Waals surface area contributed by atoms with Crippen molar-refractivity contribution in [2.24, 2.45) is 11.8 Å². The Morgan fingerprint density at radius 1 is 1.44 bits per heavy atom. The van der Waals surface area contributed by atoms with Crippen LogP contribution in [-0.2, 0) is 0 Å². The molecule has 88 valence electrons. The van der Waals surface area contributed by atoms with Crippen molar-refractivity contribution in [3.63, 3.8) is 0 Å². The SMILES string of the molecule is CNC(c1cc(F)ccc1Cl)C(C)C1CC1. The zero-order valence-electron chi connectivity index (χ0n) is 9.63. The smallest absolute Gasteiger partial charge is 0.123 e. The molecule has 1 N–H and O–H groups in total. The Labute approximate surface area is 101 Å². The van der Waals surface area contributed by atoms with E-state index in [9.17, 15) is 4.39 Å². The van der Waals surface area contributed by atoms with Gasteiger partial charge in [-0.1, -0.05) is 18.5 Å². The maximum Gasteiger partial charge on any atom is 0.123 e. The third kappa shape index (κ3) is 2.38. The molecule has 1 nitrogen and oxygen atoms in total. The maximum atomic E-state index is 13.2. The number of halogens is 2. The summed E-state index contributed by atoms with van der Waals surface area (Å²) in [4.78, 5) is 0. The van der Waals surface area contributed by atoms with Crippen LogP contribution in [0.4, 0.5) is 4.39 Å². The minimum absolute atomic E-state index is 0.149. The predicted octanol–water partition coefficient (Wildman–Crippen LogP) is 3.79. The van der Waals surface area contributed by atoms with E-state index < -0.39 is 0 Å². The molecule has 1 saturated carbocycles. The summed E-state index contributed by atoms with van der Waals surface area (Å²) in [5, 5.41) is 3.90. The zero-order valence-corrected chi connectivity index (χ0v) is 10.4. The average molecular weight is 242 g/mol. The normalized spacial score (nSPS) is 19.5. The van der Waals surface area contributed by atoms with E-state index in [0.29, 0.717) is 10.9 Å². The van der Waals surface area contributed by atoms with Crippen molar-refractivity contribution < 1.29 is 4.39 Å². The van der Waals surface area contributed by atoms with Crippen LogP contribution in [0.1, 0.15) is 31.4 Å². The monoisotopic (exact) mass is 241 g/mol. The van der Waals surface area contributed by atoms with Gasteiger partial charge < -0.3 is 5.32 Å². The molecule has 0 radical (unpaired) electrons. The van der Waals surface area contributed by atoms with E-state index in [-0.39, 0.29) is 11.9 Å². The van der Waals surface area contributed by atoms with E-state index >= 15 is 0 Å². The second-order valence-electron chi connectivity index (χ2n) is 4.63. The predicted molar refractivity (Wildman–Crippen MR) is 65.1 cm³/mol. The topological polar surface area (TPSA) is 12.0 Å². The minimum Gasteiger partial charge on any atom is -0.313 e. The molecule has 0 bridgehead atoms. The molecule has 1 aromatic carbocycles. The molecule has 1 aromatic rings. The van der Waals surface area contributed by atoms with E-state index in [1.807, 2.05) is 7.05 Å². The van der Waals surface area contributed by atoms with Gasteiger partial charge in [0.05, 0.1) is 0 Å². The zero-order chi connectivity index (χ0) is 11.7. The molecule has 2 rings (SSSR count). The second-order valence-corrected chi connectivity index (χ2v) is 5.04. The Morgan fingerprint density at radius 2 is 2.12 bits per heavy atom. The van der Waals surface area contributed by atoms with Crippen LogP contribution >= 0.6 is 11.6 Å². The molecule has 16 heavy (non-hydrogen) atoms. The average Bonchev–Trinajstić information content (AvgIpc) is 3.07. The maximum absolute atomic E-state index is 13.2. The van der Waals surface area contributed by atoms with Crippen LogP contribution in [0.3, 0.4) is 0 Å². The summed E-state index contributed by atoms with van der Waals surface area (Å²) in [5.41, 5.74) is 0.878. The fourth-order valence-electron chi connectivity index (χ4n) is 2.35. The largest absolute Gasteiger partial charge is 0.313 e. The van der Waals surface area contributed by atoms with E-state index in [1.165, 1.54) is 18.9 Å². The van der Waals surface area contributed by atoms with Crippen LogP contribution in [0.2, 0.25) is 5.02 Å². The molecular weight excluding hydrogens is 225 g/mol. The minimum atomic E-state index is -0.220. The van der Waals surface area contributed by atoms with E-state index in [2.05, 4.69) is 12.2 Å². The molecule has 1 aliphatic rings. The molecule has 2 atom stereocenters. The third-order valence-corrected chi connectivity index (χ3v) is 3.84. The Hall–Kier alpha value is -0.600. The Balaban J connectivity index is 2.27.